The maximum absolute atomic E-state index is 12.3. The molecule has 0 N–H and O–H groups in total. The molecular weight excluding hydrogens is 238 g/mol. The Balaban J connectivity index is 2.14. The molecule has 3 rings (SSSR count). The lowest BCUT2D eigenvalue weighted by Crippen LogP contribution is -2.39. The molecule has 1 spiro atoms. The van der Waals surface area contributed by atoms with Crippen molar-refractivity contribution in [3.05, 3.63) is 35.6 Å². The van der Waals surface area contributed by atoms with Crippen LogP contribution in [-0.4, -0.2) is 36.5 Å². The quantitative estimate of drug-likeness (QED) is 0.616. The Morgan fingerprint density at radius 2 is 2.37 bits per heavy atom. The van der Waals surface area contributed by atoms with Gasteiger partial charge in [-0.25, -0.2) is 0 Å². The van der Waals surface area contributed by atoms with E-state index in [1.165, 1.54) is 0 Å². The fourth-order valence-corrected chi connectivity index (χ4v) is 3.25. The lowest BCUT2D eigenvalue weighted by molar-refractivity contribution is -0.115. The number of Topliss-reactive ketones (excluding diaryl/α,β-unsaturated/α-hetero) is 1. The lowest BCUT2D eigenvalue weighted by atomic mass is 9.69. The molecule has 0 saturated carbocycles. The van der Waals surface area contributed by atoms with Gasteiger partial charge < -0.3 is 4.90 Å². The number of carbonyl (C=O) groups is 1. The second kappa shape index (κ2) is 4.20. The van der Waals surface area contributed by atoms with Gasteiger partial charge in [-0.2, -0.15) is 5.26 Å². The van der Waals surface area contributed by atoms with Gasteiger partial charge in [0.2, 0.25) is 0 Å². The van der Waals surface area contributed by atoms with Crippen molar-refractivity contribution < 1.29 is 4.79 Å². The molecule has 1 unspecified atom stereocenters. The molecule has 0 fully saturated rings. The molecule has 4 heteroatoms. The third-order valence-electron chi connectivity index (χ3n) is 4.01. The molecule has 19 heavy (non-hydrogen) atoms. The van der Waals surface area contributed by atoms with Crippen LogP contribution in [0.2, 0.25) is 0 Å². The molecule has 0 bridgehead atoms. The maximum Gasteiger partial charge on any atom is 0.163 e. The molecule has 0 radical (unpaired) electrons. The maximum atomic E-state index is 12.3. The van der Waals surface area contributed by atoms with Crippen LogP contribution < -0.4 is 0 Å². The molecule has 3 aliphatic rings. The van der Waals surface area contributed by atoms with Crippen molar-refractivity contribution in [3.8, 4) is 6.07 Å². The van der Waals surface area contributed by atoms with Crippen LogP contribution in [0.15, 0.2) is 40.6 Å². The van der Waals surface area contributed by atoms with E-state index in [-0.39, 0.29) is 11.2 Å². The predicted molar refractivity (Wildman–Crippen MR) is 72.5 cm³/mol. The van der Waals surface area contributed by atoms with E-state index in [4.69, 9.17) is 5.26 Å². The van der Waals surface area contributed by atoms with Crippen LogP contribution in [0, 0.1) is 16.7 Å². The number of nitriles is 1. The van der Waals surface area contributed by atoms with E-state index >= 15 is 0 Å². The first kappa shape index (κ1) is 11.9. The Kier molecular flexibility index (Phi) is 2.63. The van der Waals surface area contributed by atoms with Crippen molar-refractivity contribution in [3.63, 3.8) is 0 Å². The first-order valence-electron chi connectivity index (χ1n) is 6.43. The van der Waals surface area contributed by atoms with Crippen molar-refractivity contribution in [1.29, 1.82) is 5.26 Å². The van der Waals surface area contributed by atoms with Crippen molar-refractivity contribution in [2.75, 3.05) is 20.1 Å². The minimum atomic E-state index is -0.334. The molecule has 1 aliphatic carbocycles. The van der Waals surface area contributed by atoms with Gasteiger partial charge in [-0.15, -0.1) is 0 Å². The summed E-state index contributed by atoms with van der Waals surface area (Å²) in [6.07, 6.45) is 8.60. The van der Waals surface area contributed by atoms with Crippen molar-refractivity contribution in [2.45, 2.75) is 12.8 Å². The number of hydrogen-bond acceptors (Lipinski definition) is 4. The second-order valence-corrected chi connectivity index (χ2v) is 5.34. The average molecular weight is 253 g/mol. The third-order valence-corrected chi connectivity index (χ3v) is 4.01. The van der Waals surface area contributed by atoms with E-state index in [1.807, 2.05) is 25.4 Å². The van der Waals surface area contributed by atoms with Crippen LogP contribution in [0.25, 0.3) is 0 Å². The van der Waals surface area contributed by atoms with Crippen molar-refractivity contribution in [2.24, 2.45) is 10.4 Å². The third kappa shape index (κ3) is 1.74. The number of carbonyl (C=O) groups excluding carboxylic acids is 1. The molecule has 0 amide bonds. The monoisotopic (exact) mass is 253 g/mol. The first-order chi connectivity index (χ1) is 9.15. The average Bonchev–Trinajstić information content (AvgIpc) is 2.63. The molecule has 96 valence electrons. The van der Waals surface area contributed by atoms with Crippen LogP contribution in [0.3, 0.4) is 0 Å². The smallest absolute Gasteiger partial charge is 0.163 e. The van der Waals surface area contributed by atoms with E-state index in [9.17, 15) is 4.79 Å². The van der Waals surface area contributed by atoms with Crippen LogP contribution in [-0.2, 0) is 4.79 Å². The molecule has 0 aromatic carbocycles. The highest BCUT2D eigenvalue weighted by Crippen LogP contribution is 2.46. The zero-order valence-corrected chi connectivity index (χ0v) is 10.9. The summed E-state index contributed by atoms with van der Waals surface area (Å²) in [4.78, 5) is 18.9. The van der Waals surface area contributed by atoms with Crippen molar-refractivity contribution in [1.82, 2.24) is 4.90 Å². The van der Waals surface area contributed by atoms with Gasteiger partial charge in [0.1, 0.15) is 0 Å². The molecule has 0 aromatic heterocycles. The fourth-order valence-electron chi connectivity index (χ4n) is 3.25. The first-order valence-corrected chi connectivity index (χ1v) is 6.43. The fraction of sp³-hybridized carbons (Fsp3) is 0.400. The summed E-state index contributed by atoms with van der Waals surface area (Å²) in [5, 5.41) is 8.83. The summed E-state index contributed by atoms with van der Waals surface area (Å²) in [6.45, 7) is 1.33. The van der Waals surface area contributed by atoms with Crippen LogP contribution in [0.1, 0.15) is 12.8 Å². The van der Waals surface area contributed by atoms with Gasteiger partial charge in [-0.3, -0.25) is 9.79 Å². The van der Waals surface area contributed by atoms with Gasteiger partial charge in [-0.1, -0.05) is 6.08 Å². The number of allylic oxidation sites excluding steroid dienone is 4. The summed E-state index contributed by atoms with van der Waals surface area (Å²) in [5.41, 5.74) is 2.49. The second-order valence-electron chi connectivity index (χ2n) is 5.34. The summed E-state index contributed by atoms with van der Waals surface area (Å²) in [7, 11) is 1.98. The van der Waals surface area contributed by atoms with Crippen LogP contribution in [0.4, 0.5) is 0 Å². The zero-order chi connectivity index (χ0) is 13.5. The molecule has 2 heterocycles. The largest absolute Gasteiger partial charge is 0.379 e. The predicted octanol–water partition coefficient (Wildman–Crippen LogP) is 1.63. The lowest BCUT2D eigenvalue weighted by Gasteiger charge is -2.34. The number of nitrogens with zero attached hydrogens (tertiary/aromatic N) is 3. The van der Waals surface area contributed by atoms with Gasteiger partial charge in [0.25, 0.3) is 0 Å². The number of ketones is 1. The Labute approximate surface area is 112 Å². The standard InChI is InChI=1S/C15H15N3O/c1-18-9-12-13(19)5-7-17-14-3-2-11(4-6-16)8-15(12,14)10-18/h2-4,9H,5,7-8,10H2,1H3/b11-4-. The van der Waals surface area contributed by atoms with Gasteiger partial charge in [0.15, 0.2) is 5.78 Å². The highest BCUT2D eigenvalue weighted by Gasteiger charge is 2.48. The van der Waals surface area contributed by atoms with Gasteiger partial charge in [-0.05, 0) is 18.1 Å². The minimum absolute atomic E-state index is 0.190. The number of hydrogen-bond donors (Lipinski definition) is 0. The van der Waals surface area contributed by atoms with E-state index < -0.39 is 0 Å². The highest BCUT2D eigenvalue weighted by molar-refractivity contribution is 6.13. The van der Waals surface area contributed by atoms with Crippen molar-refractivity contribution >= 4 is 11.5 Å². The minimum Gasteiger partial charge on any atom is -0.379 e. The molecule has 4 nitrogen and oxygen atoms in total. The van der Waals surface area contributed by atoms with E-state index in [2.05, 4.69) is 16.0 Å². The molecular formula is C15H15N3O. The Hall–Kier alpha value is -2.15. The zero-order valence-electron chi connectivity index (χ0n) is 10.9. The molecule has 0 aromatic rings. The SMILES string of the molecule is CN1C=C2C(=O)CCN=C3C=C/C(=C/C#N)CC23C1. The van der Waals surface area contributed by atoms with Crippen LogP contribution >= 0.6 is 0 Å². The summed E-state index contributed by atoms with van der Waals surface area (Å²) >= 11 is 0. The van der Waals surface area contributed by atoms with Crippen LogP contribution in [0.5, 0.6) is 0 Å². The highest BCUT2D eigenvalue weighted by atomic mass is 16.1. The van der Waals surface area contributed by atoms with E-state index in [0.717, 1.165) is 23.4 Å². The number of rotatable bonds is 0. The Bertz CT molecular complexity index is 603. The normalized spacial score (nSPS) is 31.3. The summed E-state index contributed by atoms with van der Waals surface area (Å²) in [6, 6.07) is 2.08. The molecule has 2 aliphatic heterocycles. The summed E-state index contributed by atoms with van der Waals surface area (Å²) in [5.74, 6) is 0.190. The Morgan fingerprint density at radius 3 is 3.16 bits per heavy atom. The van der Waals surface area contributed by atoms with E-state index in [0.29, 0.717) is 19.4 Å². The van der Waals surface area contributed by atoms with E-state index in [1.54, 1.807) is 6.08 Å². The van der Waals surface area contributed by atoms with Gasteiger partial charge in [0, 0.05) is 50.1 Å². The summed E-state index contributed by atoms with van der Waals surface area (Å²) < 4.78 is 0. The topological polar surface area (TPSA) is 56.5 Å². The molecule has 0 saturated heterocycles. The van der Waals surface area contributed by atoms with Gasteiger partial charge >= 0.3 is 0 Å². The molecule has 1 atom stereocenters. The Morgan fingerprint density at radius 1 is 1.53 bits per heavy atom. The van der Waals surface area contributed by atoms with Gasteiger partial charge in [0.05, 0.1) is 11.5 Å². The number of aliphatic imine (C=N–C) groups is 1.